The summed E-state index contributed by atoms with van der Waals surface area (Å²) in [4.78, 5) is 12.3. The second kappa shape index (κ2) is 7.88. The number of amides is 1. The van der Waals surface area contributed by atoms with Gasteiger partial charge in [-0.1, -0.05) is 6.07 Å². The molecule has 0 aromatic heterocycles. The van der Waals surface area contributed by atoms with Crippen molar-refractivity contribution in [2.45, 2.75) is 51.2 Å². The Morgan fingerprint density at radius 1 is 1.25 bits per heavy atom. The average molecular weight is 332 g/mol. The third-order valence-corrected chi connectivity index (χ3v) is 5.07. The summed E-state index contributed by atoms with van der Waals surface area (Å²) in [7, 11) is 1.66. The Balaban J connectivity index is 1.65. The summed E-state index contributed by atoms with van der Waals surface area (Å²) < 4.78 is 11.6. The second-order valence-electron chi connectivity index (χ2n) is 6.85. The summed E-state index contributed by atoms with van der Waals surface area (Å²) >= 11 is 0. The maximum Gasteiger partial charge on any atom is 0.224 e. The zero-order valence-electron chi connectivity index (χ0n) is 14.6. The molecule has 1 amide bonds. The van der Waals surface area contributed by atoms with E-state index in [1.54, 1.807) is 7.11 Å². The lowest BCUT2D eigenvalue weighted by Crippen LogP contribution is -2.33. The van der Waals surface area contributed by atoms with Crippen LogP contribution in [0, 0.1) is 5.92 Å². The van der Waals surface area contributed by atoms with Crippen molar-refractivity contribution < 1.29 is 14.3 Å². The number of ether oxygens (including phenoxy) is 2. The van der Waals surface area contributed by atoms with Gasteiger partial charge in [-0.3, -0.25) is 4.79 Å². The Bertz CT molecular complexity index is 564. The van der Waals surface area contributed by atoms with E-state index in [1.165, 1.54) is 12.8 Å². The second-order valence-corrected chi connectivity index (χ2v) is 6.85. The van der Waals surface area contributed by atoms with E-state index in [4.69, 9.17) is 9.47 Å². The van der Waals surface area contributed by atoms with E-state index in [9.17, 15) is 4.79 Å². The Kier molecular flexibility index (Phi) is 5.61. The number of hydrogen-bond acceptors (Lipinski definition) is 4. The normalized spacial score (nSPS) is 22.3. The van der Waals surface area contributed by atoms with Crippen molar-refractivity contribution in [3.05, 3.63) is 23.8 Å². The summed E-state index contributed by atoms with van der Waals surface area (Å²) in [6.07, 6.45) is 5.93. The van der Waals surface area contributed by atoms with Gasteiger partial charge in [0.2, 0.25) is 5.91 Å². The van der Waals surface area contributed by atoms with E-state index in [0.29, 0.717) is 6.10 Å². The zero-order chi connectivity index (χ0) is 16.9. The monoisotopic (exact) mass is 332 g/mol. The van der Waals surface area contributed by atoms with Gasteiger partial charge < -0.3 is 20.1 Å². The van der Waals surface area contributed by atoms with Gasteiger partial charge in [0.1, 0.15) is 0 Å². The molecule has 1 saturated carbocycles. The van der Waals surface area contributed by atoms with E-state index in [0.717, 1.165) is 49.4 Å². The SMILES string of the molecule is COc1cc(C(C)NC(=O)C2CCNC2)ccc1OC1CCCC1. The molecule has 1 aromatic rings. The number of carbonyl (C=O) groups excluding carboxylic acids is 1. The van der Waals surface area contributed by atoms with Crippen molar-refractivity contribution in [1.82, 2.24) is 10.6 Å². The fourth-order valence-corrected chi connectivity index (χ4v) is 3.53. The summed E-state index contributed by atoms with van der Waals surface area (Å²) in [5.74, 6) is 1.74. The average Bonchev–Trinajstić information content (AvgIpc) is 3.28. The quantitative estimate of drug-likeness (QED) is 0.841. The molecule has 5 nitrogen and oxygen atoms in total. The first-order chi connectivity index (χ1) is 11.7. The predicted molar refractivity (Wildman–Crippen MR) is 93.4 cm³/mol. The molecule has 1 heterocycles. The molecule has 2 unspecified atom stereocenters. The van der Waals surface area contributed by atoms with Crippen LogP contribution in [0.2, 0.25) is 0 Å². The highest BCUT2D eigenvalue weighted by Gasteiger charge is 2.24. The zero-order valence-corrected chi connectivity index (χ0v) is 14.6. The number of hydrogen-bond donors (Lipinski definition) is 2. The van der Waals surface area contributed by atoms with Crippen molar-refractivity contribution in [2.75, 3.05) is 20.2 Å². The lowest BCUT2D eigenvalue weighted by atomic mass is 10.0. The van der Waals surface area contributed by atoms with Gasteiger partial charge in [0, 0.05) is 6.54 Å². The highest BCUT2D eigenvalue weighted by atomic mass is 16.5. The van der Waals surface area contributed by atoms with Crippen molar-refractivity contribution in [3.8, 4) is 11.5 Å². The van der Waals surface area contributed by atoms with Gasteiger partial charge >= 0.3 is 0 Å². The molecular formula is C19H28N2O3. The van der Waals surface area contributed by atoms with Crippen molar-refractivity contribution in [2.24, 2.45) is 5.92 Å². The van der Waals surface area contributed by atoms with Crippen LogP contribution >= 0.6 is 0 Å². The van der Waals surface area contributed by atoms with Gasteiger partial charge in [0.25, 0.3) is 0 Å². The maximum absolute atomic E-state index is 12.3. The molecule has 3 rings (SSSR count). The lowest BCUT2D eigenvalue weighted by molar-refractivity contribution is -0.125. The predicted octanol–water partition coefficient (Wildman–Crippen LogP) is 2.80. The minimum atomic E-state index is -0.0486. The van der Waals surface area contributed by atoms with E-state index in [2.05, 4.69) is 10.6 Å². The molecule has 0 spiro atoms. The van der Waals surface area contributed by atoms with Crippen LogP contribution < -0.4 is 20.1 Å². The molecule has 2 N–H and O–H groups in total. The van der Waals surface area contributed by atoms with Crippen LogP contribution in [0.3, 0.4) is 0 Å². The summed E-state index contributed by atoms with van der Waals surface area (Å²) in [5, 5.41) is 6.34. The lowest BCUT2D eigenvalue weighted by Gasteiger charge is -2.20. The number of rotatable bonds is 6. The first kappa shape index (κ1) is 17.1. The van der Waals surface area contributed by atoms with Crippen LogP contribution in [-0.2, 0) is 4.79 Å². The van der Waals surface area contributed by atoms with Gasteiger partial charge in [-0.25, -0.2) is 0 Å². The molecular weight excluding hydrogens is 304 g/mol. The summed E-state index contributed by atoms with van der Waals surface area (Å²) in [5.41, 5.74) is 1.03. The minimum absolute atomic E-state index is 0.0486. The van der Waals surface area contributed by atoms with Crippen LogP contribution in [0.25, 0.3) is 0 Å². The molecule has 0 bridgehead atoms. The highest BCUT2D eigenvalue weighted by Crippen LogP contribution is 2.33. The van der Waals surface area contributed by atoms with Crippen molar-refractivity contribution in [1.29, 1.82) is 0 Å². The van der Waals surface area contributed by atoms with Crippen LogP contribution in [0.1, 0.15) is 50.6 Å². The first-order valence-electron chi connectivity index (χ1n) is 9.03. The van der Waals surface area contributed by atoms with Crippen LogP contribution in [0.4, 0.5) is 0 Å². The first-order valence-corrected chi connectivity index (χ1v) is 9.03. The largest absolute Gasteiger partial charge is 0.493 e. The highest BCUT2D eigenvalue weighted by molar-refractivity contribution is 5.79. The number of benzene rings is 1. The van der Waals surface area contributed by atoms with E-state index in [1.807, 2.05) is 25.1 Å². The Labute approximate surface area is 144 Å². The van der Waals surface area contributed by atoms with Crippen LogP contribution in [-0.4, -0.2) is 32.2 Å². The number of carbonyl (C=O) groups is 1. The molecule has 24 heavy (non-hydrogen) atoms. The smallest absolute Gasteiger partial charge is 0.224 e. The Morgan fingerprint density at radius 2 is 2.04 bits per heavy atom. The van der Waals surface area contributed by atoms with Crippen LogP contribution in [0.15, 0.2) is 18.2 Å². The van der Waals surface area contributed by atoms with Gasteiger partial charge in [0.05, 0.1) is 25.2 Å². The molecule has 132 valence electrons. The van der Waals surface area contributed by atoms with Gasteiger partial charge in [0.15, 0.2) is 11.5 Å². The Hall–Kier alpha value is -1.75. The molecule has 1 aromatic carbocycles. The minimum Gasteiger partial charge on any atom is -0.493 e. The number of methoxy groups -OCH3 is 1. The van der Waals surface area contributed by atoms with E-state index in [-0.39, 0.29) is 17.9 Å². The molecule has 2 atom stereocenters. The fourth-order valence-electron chi connectivity index (χ4n) is 3.53. The molecule has 1 saturated heterocycles. The standard InChI is InChI=1S/C19H28N2O3/c1-13(21-19(22)15-9-10-20-12-15)14-7-8-17(18(11-14)23-2)24-16-5-3-4-6-16/h7-8,11,13,15-16,20H,3-6,9-10,12H2,1-2H3,(H,21,22). The molecule has 2 fully saturated rings. The van der Waals surface area contributed by atoms with Crippen molar-refractivity contribution >= 4 is 5.91 Å². The third-order valence-electron chi connectivity index (χ3n) is 5.07. The van der Waals surface area contributed by atoms with Crippen molar-refractivity contribution in [3.63, 3.8) is 0 Å². The molecule has 5 heteroatoms. The summed E-state index contributed by atoms with van der Waals surface area (Å²) in [6.45, 7) is 3.70. The topological polar surface area (TPSA) is 59.6 Å². The van der Waals surface area contributed by atoms with E-state index < -0.39 is 0 Å². The molecule has 2 aliphatic rings. The van der Waals surface area contributed by atoms with E-state index >= 15 is 0 Å². The molecule has 1 aliphatic heterocycles. The van der Waals surface area contributed by atoms with Gasteiger partial charge in [-0.05, 0) is 63.3 Å². The summed E-state index contributed by atoms with van der Waals surface area (Å²) in [6, 6.07) is 5.91. The Morgan fingerprint density at radius 3 is 2.71 bits per heavy atom. The van der Waals surface area contributed by atoms with Crippen LogP contribution in [0.5, 0.6) is 11.5 Å². The molecule has 1 aliphatic carbocycles. The van der Waals surface area contributed by atoms with Gasteiger partial charge in [-0.15, -0.1) is 0 Å². The fraction of sp³-hybridized carbons (Fsp3) is 0.632. The molecule has 0 radical (unpaired) electrons. The third kappa shape index (κ3) is 4.01. The van der Waals surface area contributed by atoms with Gasteiger partial charge in [-0.2, -0.15) is 0 Å². The number of nitrogens with one attached hydrogen (secondary N) is 2. The maximum atomic E-state index is 12.3.